The Kier molecular flexibility index (Phi) is 6.55. The Balaban J connectivity index is 2.75. The number of benzene rings is 1. The van der Waals surface area contributed by atoms with E-state index >= 15 is 0 Å². The largest absolute Gasteiger partial charge is 0.485 e. The van der Waals surface area contributed by atoms with E-state index in [-0.39, 0.29) is 17.4 Å². The van der Waals surface area contributed by atoms with Crippen molar-refractivity contribution in [2.75, 3.05) is 13.7 Å². The van der Waals surface area contributed by atoms with Crippen molar-refractivity contribution in [1.29, 1.82) is 0 Å². The van der Waals surface area contributed by atoms with Crippen molar-refractivity contribution in [3.05, 3.63) is 29.3 Å². The van der Waals surface area contributed by atoms with Gasteiger partial charge in [-0.05, 0) is 45.4 Å². The van der Waals surface area contributed by atoms with Gasteiger partial charge in [0.25, 0.3) is 0 Å². The molecule has 0 radical (unpaired) electrons. The Labute approximate surface area is 125 Å². The zero-order valence-electron chi connectivity index (χ0n) is 13.4. The molecule has 0 saturated heterocycles. The van der Waals surface area contributed by atoms with Crippen LogP contribution in [0.4, 0.5) is 8.78 Å². The molecule has 21 heavy (non-hydrogen) atoms. The first kappa shape index (κ1) is 17.9. The maximum absolute atomic E-state index is 14.0. The molecule has 5 heteroatoms. The van der Waals surface area contributed by atoms with Gasteiger partial charge >= 0.3 is 0 Å². The summed E-state index contributed by atoms with van der Waals surface area (Å²) >= 11 is 0. The van der Waals surface area contributed by atoms with Crippen LogP contribution in [-0.4, -0.2) is 25.4 Å². The molecule has 0 fully saturated rings. The predicted octanol–water partition coefficient (Wildman–Crippen LogP) is 3.66. The summed E-state index contributed by atoms with van der Waals surface area (Å²) in [7, 11) is 1.57. The molecule has 0 aromatic heterocycles. The number of ether oxygens (including phenoxy) is 2. The number of nitrogens with one attached hydrogen (secondary N) is 1. The highest BCUT2D eigenvalue weighted by Crippen LogP contribution is 2.25. The third-order valence-corrected chi connectivity index (χ3v) is 2.93. The van der Waals surface area contributed by atoms with Gasteiger partial charge in [0.2, 0.25) is 0 Å². The second-order valence-corrected chi connectivity index (χ2v) is 6.20. The summed E-state index contributed by atoms with van der Waals surface area (Å²) in [6.07, 6.45) is 0.260. The number of hydrogen-bond acceptors (Lipinski definition) is 3. The lowest BCUT2D eigenvalue weighted by atomic mass is 10.1. The molecule has 0 spiro atoms. The van der Waals surface area contributed by atoms with Gasteiger partial charge < -0.3 is 14.8 Å². The van der Waals surface area contributed by atoms with E-state index in [1.54, 1.807) is 14.0 Å². The Hall–Kier alpha value is -1.20. The molecule has 0 aliphatic rings. The van der Waals surface area contributed by atoms with Crippen molar-refractivity contribution in [2.45, 2.75) is 52.3 Å². The topological polar surface area (TPSA) is 30.5 Å². The molecule has 0 aliphatic heterocycles. The standard InChI is InChI=1S/C16H25F2NO2/c1-11(6-7-20-5)21-15-13(17)8-12(9-14(15)18)10-19-16(2,3)4/h8-9,11,19H,6-7,10H2,1-5H3. The van der Waals surface area contributed by atoms with Crippen LogP contribution in [0.25, 0.3) is 0 Å². The fourth-order valence-electron chi connectivity index (χ4n) is 1.74. The molecule has 1 aromatic rings. The first-order valence-electron chi connectivity index (χ1n) is 7.11. The third-order valence-electron chi connectivity index (χ3n) is 2.93. The Morgan fingerprint density at radius 3 is 2.24 bits per heavy atom. The van der Waals surface area contributed by atoms with Crippen molar-refractivity contribution in [2.24, 2.45) is 0 Å². The van der Waals surface area contributed by atoms with Crippen LogP contribution >= 0.6 is 0 Å². The normalized spacial score (nSPS) is 13.3. The smallest absolute Gasteiger partial charge is 0.191 e. The van der Waals surface area contributed by atoms with Gasteiger partial charge in [-0.2, -0.15) is 0 Å². The average molecular weight is 301 g/mol. The van der Waals surface area contributed by atoms with Crippen LogP contribution in [0.5, 0.6) is 5.75 Å². The predicted molar refractivity (Wildman–Crippen MR) is 79.5 cm³/mol. The summed E-state index contributed by atoms with van der Waals surface area (Å²) in [5, 5.41) is 3.19. The minimum atomic E-state index is -0.676. The van der Waals surface area contributed by atoms with Crippen LogP contribution < -0.4 is 10.1 Å². The van der Waals surface area contributed by atoms with Gasteiger partial charge in [-0.15, -0.1) is 0 Å². The maximum Gasteiger partial charge on any atom is 0.191 e. The van der Waals surface area contributed by atoms with Gasteiger partial charge in [-0.25, -0.2) is 8.78 Å². The van der Waals surface area contributed by atoms with E-state index in [1.807, 2.05) is 20.8 Å². The molecule has 1 unspecified atom stereocenters. The van der Waals surface area contributed by atoms with E-state index in [2.05, 4.69) is 5.32 Å². The summed E-state index contributed by atoms with van der Waals surface area (Å²) in [5.41, 5.74) is 0.438. The summed E-state index contributed by atoms with van der Waals surface area (Å²) in [4.78, 5) is 0. The van der Waals surface area contributed by atoms with E-state index in [0.717, 1.165) is 0 Å². The van der Waals surface area contributed by atoms with Gasteiger partial charge in [0.15, 0.2) is 17.4 Å². The van der Waals surface area contributed by atoms with Crippen LogP contribution in [-0.2, 0) is 11.3 Å². The van der Waals surface area contributed by atoms with Crippen molar-refractivity contribution < 1.29 is 18.3 Å². The minimum absolute atomic E-state index is 0.114. The maximum atomic E-state index is 14.0. The summed E-state index contributed by atoms with van der Waals surface area (Å²) < 4.78 is 38.2. The Bertz CT molecular complexity index is 435. The zero-order chi connectivity index (χ0) is 16.0. The fourth-order valence-corrected chi connectivity index (χ4v) is 1.74. The Morgan fingerprint density at radius 2 is 1.76 bits per heavy atom. The van der Waals surface area contributed by atoms with Gasteiger partial charge in [-0.3, -0.25) is 0 Å². The first-order valence-corrected chi connectivity index (χ1v) is 7.11. The van der Waals surface area contributed by atoms with Crippen LogP contribution in [0.1, 0.15) is 39.7 Å². The average Bonchev–Trinajstić information content (AvgIpc) is 2.37. The molecule has 0 heterocycles. The Morgan fingerprint density at radius 1 is 1.19 bits per heavy atom. The lowest BCUT2D eigenvalue weighted by Gasteiger charge is -2.21. The highest BCUT2D eigenvalue weighted by molar-refractivity contribution is 5.31. The minimum Gasteiger partial charge on any atom is -0.485 e. The highest BCUT2D eigenvalue weighted by Gasteiger charge is 2.16. The van der Waals surface area contributed by atoms with Gasteiger partial charge in [0, 0.05) is 32.2 Å². The van der Waals surface area contributed by atoms with E-state index in [4.69, 9.17) is 9.47 Å². The van der Waals surface area contributed by atoms with Crippen LogP contribution in [0.3, 0.4) is 0 Å². The SMILES string of the molecule is COCCC(C)Oc1c(F)cc(CNC(C)(C)C)cc1F. The molecule has 0 aliphatic carbocycles. The van der Waals surface area contributed by atoms with Gasteiger partial charge in [0.05, 0.1) is 6.10 Å². The van der Waals surface area contributed by atoms with Crippen LogP contribution in [0.2, 0.25) is 0 Å². The fraction of sp³-hybridized carbons (Fsp3) is 0.625. The first-order chi connectivity index (χ1) is 9.73. The lowest BCUT2D eigenvalue weighted by Crippen LogP contribution is -2.35. The number of hydrogen-bond donors (Lipinski definition) is 1. The summed E-state index contributed by atoms with van der Waals surface area (Å²) in [6, 6.07) is 2.61. The number of rotatable bonds is 7. The van der Waals surface area contributed by atoms with E-state index in [9.17, 15) is 8.78 Å². The van der Waals surface area contributed by atoms with Gasteiger partial charge in [-0.1, -0.05) is 0 Å². The van der Waals surface area contributed by atoms with Crippen molar-refractivity contribution >= 4 is 0 Å². The molecular formula is C16H25F2NO2. The van der Waals surface area contributed by atoms with Crippen molar-refractivity contribution in [1.82, 2.24) is 5.32 Å². The second-order valence-electron chi connectivity index (χ2n) is 6.20. The molecule has 120 valence electrons. The molecule has 1 N–H and O–H groups in total. The van der Waals surface area contributed by atoms with E-state index < -0.39 is 11.6 Å². The molecule has 3 nitrogen and oxygen atoms in total. The van der Waals surface area contributed by atoms with Crippen molar-refractivity contribution in [3.8, 4) is 5.75 Å². The second kappa shape index (κ2) is 7.71. The number of methoxy groups -OCH3 is 1. The summed E-state index contributed by atoms with van der Waals surface area (Å²) in [5.74, 6) is -1.67. The molecule has 0 amide bonds. The molecular weight excluding hydrogens is 276 g/mol. The molecule has 0 bridgehead atoms. The van der Waals surface area contributed by atoms with E-state index in [1.165, 1.54) is 12.1 Å². The zero-order valence-corrected chi connectivity index (χ0v) is 13.4. The van der Waals surface area contributed by atoms with Gasteiger partial charge in [0.1, 0.15) is 0 Å². The molecule has 1 atom stereocenters. The molecule has 1 rings (SSSR count). The van der Waals surface area contributed by atoms with Crippen LogP contribution in [0, 0.1) is 11.6 Å². The molecule has 1 aromatic carbocycles. The lowest BCUT2D eigenvalue weighted by molar-refractivity contribution is 0.128. The number of halogens is 2. The van der Waals surface area contributed by atoms with E-state index in [0.29, 0.717) is 25.1 Å². The van der Waals surface area contributed by atoms with Crippen LogP contribution in [0.15, 0.2) is 12.1 Å². The molecule has 0 saturated carbocycles. The van der Waals surface area contributed by atoms with Crippen molar-refractivity contribution in [3.63, 3.8) is 0 Å². The quantitative estimate of drug-likeness (QED) is 0.834. The highest BCUT2D eigenvalue weighted by atomic mass is 19.1. The third kappa shape index (κ3) is 6.40. The summed E-state index contributed by atoms with van der Waals surface area (Å²) in [6.45, 7) is 8.62. The monoisotopic (exact) mass is 301 g/mol.